The van der Waals surface area contributed by atoms with Gasteiger partial charge in [-0.1, -0.05) is 17.7 Å². The second-order valence-electron chi connectivity index (χ2n) is 6.82. The number of benzene rings is 1. The van der Waals surface area contributed by atoms with E-state index >= 15 is 0 Å². The van der Waals surface area contributed by atoms with Crippen LogP contribution in [-0.4, -0.2) is 40.3 Å². The Morgan fingerprint density at radius 3 is 2.42 bits per heavy atom. The van der Waals surface area contributed by atoms with Crippen LogP contribution in [0.1, 0.15) is 30.3 Å². The average molecular weight is 370 g/mol. The van der Waals surface area contributed by atoms with Crippen molar-refractivity contribution < 1.29 is 8.42 Å². The van der Waals surface area contributed by atoms with Crippen LogP contribution in [0.25, 0.3) is 11.2 Å². The minimum absolute atomic E-state index is 0.222. The molecule has 3 aromatic rings. The van der Waals surface area contributed by atoms with Crippen LogP contribution in [0.2, 0.25) is 0 Å². The predicted octanol–water partition coefficient (Wildman–Crippen LogP) is 3.07. The van der Waals surface area contributed by atoms with Crippen LogP contribution in [0.5, 0.6) is 0 Å². The van der Waals surface area contributed by atoms with E-state index in [1.807, 2.05) is 38.1 Å². The smallest absolute Gasteiger partial charge is 0.243 e. The molecule has 0 unspecified atom stereocenters. The van der Waals surface area contributed by atoms with Crippen LogP contribution in [0.15, 0.2) is 47.5 Å². The first-order valence-corrected chi connectivity index (χ1v) is 10.3. The molecule has 6 nitrogen and oxygen atoms in total. The summed E-state index contributed by atoms with van der Waals surface area (Å²) in [6.45, 7) is 4.95. The summed E-state index contributed by atoms with van der Waals surface area (Å²) < 4.78 is 29.5. The third kappa shape index (κ3) is 2.91. The summed E-state index contributed by atoms with van der Waals surface area (Å²) in [7, 11) is -3.43. The molecule has 1 fully saturated rings. The highest BCUT2D eigenvalue weighted by Gasteiger charge is 2.31. The molecule has 1 aromatic carbocycles. The molecular formula is C19H22N4O2S. The molecule has 0 saturated carbocycles. The molecule has 3 heterocycles. The Kier molecular flexibility index (Phi) is 4.28. The van der Waals surface area contributed by atoms with Gasteiger partial charge in [-0.25, -0.2) is 18.4 Å². The van der Waals surface area contributed by atoms with Crippen LogP contribution in [0, 0.1) is 13.8 Å². The number of piperidine rings is 1. The van der Waals surface area contributed by atoms with Crippen molar-refractivity contribution in [2.45, 2.75) is 37.6 Å². The van der Waals surface area contributed by atoms with E-state index in [0.29, 0.717) is 18.0 Å². The summed E-state index contributed by atoms with van der Waals surface area (Å²) in [5.74, 6) is 0.929. The fourth-order valence-corrected chi connectivity index (χ4v) is 5.15. The first kappa shape index (κ1) is 17.2. The number of nitrogens with zero attached hydrogens (tertiary/aromatic N) is 4. The highest BCUT2D eigenvalue weighted by atomic mass is 32.2. The van der Waals surface area contributed by atoms with E-state index in [1.165, 1.54) is 0 Å². The molecule has 0 spiro atoms. The van der Waals surface area contributed by atoms with Crippen LogP contribution in [0.4, 0.5) is 0 Å². The van der Waals surface area contributed by atoms with Crippen LogP contribution >= 0.6 is 0 Å². The number of imidazole rings is 1. The standard InChI is InChI=1S/C19H22N4O2S/c1-14-5-7-17(8-6-14)26(24,25)22-12-9-16(10-13-22)23-15(2)21-18-4-3-11-20-19(18)23/h3-8,11,16H,9-10,12-13H2,1-2H3. The summed E-state index contributed by atoms with van der Waals surface area (Å²) >= 11 is 0. The maximum atomic E-state index is 12.9. The van der Waals surface area contributed by atoms with Gasteiger partial charge < -0.3 is 4.57 Å². The van der Waals surface area contributed by atoms with Gasteiger partial charge in [0.1, 0.15) is 11.3 Å². The number of aryl methyl sites for hydroxylation is 2. The van der Waals surface area contributed by atoms with E-state index in [2.05, 4.69) is 14.5 Å². The quantitative estimate of drug-likeness (QED) is 0.710. The molecule has 0 aliphatic carbocycles. The number of pyridine rings is 1. The van der Waals surface area contributed by atoms with Gasteiger partial charge in [0, 0.05) is 25.3 Å². The zero-order chi connectivity index (χ0) is 18.3. The molecule has 1 saturated heterocycles. The van der Waals surface area contributed by atoms with Crippen molar-refractivity contribution in [3.8, 4) is 0 Å². The monoisotopic (exact) mass is 370 g/mol. The molecule has 26 heavy (non-hydrogen) atoms. The number of fused-ring (bicyclic) bond motifs is 1. The van der Waals surface area contributed by atoms with Gasteiger partial charge in [0.2, 0.25) is 10.0 Å². The molecule has 0 atom stereocenters. The third-order valence-corrected chi connectivity index (χ3v) is 6.99. The van der Waals surface area contributed by atoms with Gasteiger partial charge in [-0.3, -0.25) is 0 Å². The normalized spacial score (nSPS) is 17.0. The predicted molar refractivity (Wildman–Crippen MR) is 100 cm³/mol. The van der Waals surface area contributed by atoms with Gasteiger partial charge >= 0.3 is 0 Å². The van der Waals surface area contributed by atoms with E-state index in [0.717, 1.165) is 35.4 Å². The fraction of sp³-hybridized carbons (Fsp3) is 0.368. The second kappa shape index (κ2) is 6.48. The molecule has 0 bridgehead atoms. The van der Waals surface area contributed by atoms with Crippen molar-refractivity contribution in [2.75, 3.05) is 13.1 Å². The van der Waals surface area contributed by atoms with Crippen molar-refractivity contribution in [1.82, 2.24) is 18.8 Å². The zero-order valence-corrected chi connectivity index (χ0v) is 15.8. The van der Waals surface area contributed by atoms with E-state index < -0.39 is 10.0 Å². The summed E-state index contributed by atoms with van der Waals surface area (Å²) in [6, 6.07) is 11.1. The van der Waals surface area contributed by atoms with Crippen LogP contribution < -0.4 is 0 Å². The first-order chi connectivity index (χ1) is 12.5. The molecule has 1 aliphatic rings. The number of hydrogen-bond acceptors (Lipinski definition) is 4. The minimum atomic E-state index is -3.43. The number of rotatable bonds is 3. The van der Waals surface area contributed by atoms with Gasteiger partial charge in [0.05, 0.1) is 4.90 Å². The topological polar surface area (TPSA) is 68.1 Å². The Morgan fingerprint density at radius 2 is 1.73 bits per heavy atom. The molecular weight excluding hydrogens is 348 g/mol. The van der Waals surface area contributed by atoms with Gasteiger partial charge in [0.15, 0.2) is 5.65 Å². The zero-order valence-electron chi connectivity index (χ0n) is 15.0. The Morgan fingerprint density at radius 1 is 1.04 bits per heavy atom. The first-order valence-electron chi connectivity index (χ1n) is 8.83. The summed E-state index contributed by atoms with van der Waals surface area (Å²) in [6.07, 6.45) is 3.29. The Hall–Kier alpha value is -2.25. The van der Waals surface area contributed by atoms with Gasteiger partial charge in [-0.15, -0.1) is 0 Å². The molecule has 136 valence electrons. The fourth-order valence-electron chi connectivity index (χ4n) is 3.68. The van der Waals surface area contributed by atoms with E-state index in [9.17, 15) is 8.42 Å². The lowest BCUT2D eigenvalue weighted by Gasteiger charge is -2.32. The summed E-state index contributed by atoms with van der Waals surface area (Å²) in [4.78, 5) is 9.42. The SMILES string of the molecule is Cc1ccc(S(=O)(=O)N2CCC(n3c(C)nc4cccnc43)CC2)cc1. The van der Waals surface area contributed by atoms with E-state index in [4.69, 9.17) is 0 Å². The van der Waals surface area contributed by atoms with Crippen molar-refractivity contribution in [3.63, 3.8) is 0 Å². The molecule has 0 N–H and O–H groups in total. The summed E-state index contributed by atoms with van der Waals surface area (Å²) in [5, 5.41) is 0. The summed E-state index contributed by atoms with van der Waals surface area (Å²) in [5.41, 5.74) is 2.82. The Labute approximate surface area is 153 Å². The molecule has 0 radical (unpaired) electrons. The Balaban J connectivity index is 1.55. The molecule has 7 heteroatoms. The maximum absolute atomic E-state index is 12.9. The van der Waals surface area contributed by atoms with Gasteiger partial charge in [0.25, 0.3) is 0 Å². The lowest BCUT2D eigenvalue weighted by molar-refractivity contribution is 0.274. The highest BCUT2D eigenvalue weighted by molar-refractivity contribution is 7.89. The average Bonchev–Trinajstić information content (AvgIpc) is 2.98. The third-order valence-electron chi connectivity index (χ3n) is 5.07. The molecule has 1 aliphatic heterocycles. The molecule has 2 aromatic heterocycles. The van der Waals surface area contributed by atoms with Gasteiger partial charge in [-0.2, -0.15) is 4.31 Å². The van der Waals surface area contributed by atoms with Crippen molar-refractivity contribution in [3.05, 3.63) is 54.0 Å². The molecule has 0 amide bonds. The largest absolute Gasteiger partial charge is 0.310 e. The minimum Gasteiger partial charge on any atom is -0.310 e. The van der Waals surface area contributed by atoms with Crippen molar-refractivity contribution in [2.24, 2.45) is 0 Å². The Bertz CT molecular complexity index is 1030. The number of hydrogen-bond donors (Lipinski definition) is 0. The second-order valence-corrected chi connectivity index (χ2v) is 8.76. The molecule has 4 rings (SSSR count). The maximum Gasteiger partial charge on any atom is 0.243 e. The highest BCUT2D eigenvalue weighted by Crippen LogP contribution is 2.30. The van der Waals surface area contributed by atoms with E-state index in [1.54, 1.807) is 22.6 Å². The lowest BCUT2D eigenvalue weighted by Crippen LogP contribution is -2.39. The number of sulfonamides is 1. The lowest BCUT2D eigenvalue weighted by atomic mass is 10.1. The van der Waals surface area contributed by atoms with Crippen molar-refractivity contribution in [1.29, 1.82) is 0 Å². The number of aromatic nitrogens is 3. The van der Waals surface area contributed by atoms with Gasteiger partial charge in [-0.05, 0) is 51.0 Å². The van der Waals surface area contributed by atoms with Crippen LogP contribution in [0.3, 0.4) is 0 Å². The van der Waals surface area contributed by atoms with Crippen molar-refractivity contribution >= 4 is 21.2 Å². The van der Waals surface area contributed by atoms with E-state index in [-0.39, 0.29) is 6.04 Å². The van der Waals surface area contributed by atoms with Crippen LogP contribution in [-0.2, 0) is 10.0 Å².